The number of hydrogen-bond acceptors (Lipinski definition) is 2. The maximum Gasteiger partial charge on any atom is 0.127 e. The van der Waals surface area contributed by atoms with Crippen LogP contribution in [-0.2, 0) is 6.42 Å². The molecular weight excluding hydrogens is 392 g/mol. The van der Waals surface area contributed by atoms with Gasteiger partial charge in [-0.1, -0.05) is 30.3 Å². The molecule has 1 saturated heterocycles. The molecule has 5 rings (SSSR count). The normalized spacial score (nSPS) is 25.5. The first-order valence-electron chi connectivity index (χ1n) is 11.0. The fraction of sp³-hybridized carbons (Fsp3) is 0.333. The summed E-state index contributed by atoms with van der Waals surface area (Å²) in [7, 11) is 0. The lowest BCUT2D eigenvalue weighted by atomic mass is 9.69. The summed E-state index contributed by atoms with van der Waals surface area (Å²) in [4.78, 5) is 2.11. The van der Waals surface area contributed by atoms with Gasteiger partial charge in [0.05, 0.1) is 6.54 Å². The minimum atomic E-state index is -1.13. The number of fused-ring (bicyclic) bond motifs is 1. The molecule has 0 spiro atoms. The maximum absolute atomic E-state index is 14.3. The first-order valence-corrected chi connectivity index (χ1v) is 11.0. The molecule has 0 amide bonds. The largest absolute Gasteiger partial charge is 0.508 e. The van der Waals surface area contributed by atoms with Crippen LogP contribution < -0.4 is 4.90 Å². The Kier molecular flexibility index (Phi) is 4.96. The van der Waals surface area contributed by atoms with Crippen LogP contribution in [0.2, 0.25) is 0 Å². The molecule has 1 aliphatic heterocycles. The van der Waals surface area contributed by atoms with E-state index in [0.29, 0.717) is 13.0 Å². The average Bonchev–Trinajstić information content (AvgIpc) is 3.13. The minimum absolute atomic E-state index is 0.119. The van der Waals surface area contributed by atoms with Gasteiger partial charge in [-0.05, 0) is 84.3 Å². The third-order valence-electron chi connectivity index (χ3n) is 6.93. The summed E-state index contributed by atoms with van der Waals surface area (Å²) in [5, 5.41) is 9.98. The lowest BCUT2D eigenvalue weighted by Gasteiger charge is -2.35. The summed E-state index contributed by atoms with van der Waals surface area (Å²) in [5.41, 5.74) is 4.61. The van der Waals surface area contributed by atoms with Gasteiger partial charge in [0, 0.05) is 24.6 Å². The Balaban J connectivity index is 1.52. The van der Waals surface area contributed by atoms with E-state index >= 15 is 0 Å². The van der Waals surface area contributed by atoms with Crippen molar-refractivity contribution in [2.45, 2.75) is 43.7 Å². The Morgan fingerprint density at radius 1 is 0.968 bits per heavy atom. The number of anilines is 1. The van der Waals surface area contributed by atoms with Gasteiger partial charge >= 0.3 is 0 Å². The van der Waals surface area contributed by atoms with E-state index < -0.39 is 5.67 Å². The summed E-state index contributed by atoms with van der Waals surface area (Å²) < 4.78 is 27.8. The van der Waals surface area contributed by atoms with Crippen LogP contribution >= 0.6 is 0 Å². The fourth-order valence-electron chi connectivity index (χ4n) is 5.32. The lowest BCUT2D eigenvalue weighted by molar-refractivity contribution is 0.221. The second-order valence-electron chi connectivity index (χ2n) is 9.23. The third kappa shape index (κ3) is 3.91. The van der Waals surface area contributed by atoms with E-state index in [1.165, 1.54) is 28.8 Å². The number of alkyl halides is 1. The van der Waals surface area contributed by atoms with Crippen LogP contribution in [0.4, 0.5) is 14.5 Å². The van der Waals surface area contributed by atoms with Crippen molar-refractivity contribution in [3.8, 4) is 5.75 Å². The van der Waals surface area contributed by atoms with Crippen molar-refractivity contribution in [3.05, 3.63) is 94.8 Å². The van der Waals surface area contributed by atoms with Gasteiger partial charge in [0.2, 0.25) is 0 Å². The van der Waals surface area contributed by atoms with Gasteiger partial charge in [-0.3, -0.25) is 0 Å². The molecule has 4 heteroatoms. The fourth-order valence-corrected chi connectivity index (χ4v) is 5.32. The second-order valence-corrected chi connectivity index (χ2v) is 9.23. The molecule has 1 fully saturated rings. The highest BCUT2D eigenvalue weighted by Crippen LogP contribution is 2.47. The molecule has 3 aromatic rings. The zero-order valence-corrected chi connectivity index (χ0v) is 17.7. The van der Waals surface area contributed by atoms with Gasteiger partial charge in [-0.25, -0.2) is 8.78 Å². The first-order chi connectivity index (χ1) is 14.9. The number of rotatable bonds is 3. The second kappa shape index (κ2) is 7.67. The molecule has 1 heterocycles. The van der Waals surface area contributed by atoms with E-state index in [2.05, 4.69) is 29.2 Å². The smallest absolute Gasteiger partial charge is 0.127 e. The monoisotopic (exact) mass is 419 g/mol. The van der Waals surface area contributed by atoms with Crippen LogP contribution in [0.15, 0.2) is 66.7 Å². The molecule has 2 aliphatic rings. The minimum Gasteiger partial charge on any atom is -0.508 e. The van der Waals surface area contributed by atoms with Crippen molar-refractivity contribution in [1.29, 1.82) is 0 Å². The standard InChI is InChI=1S/C27H27F2NO/c1-27(29)14-15-30(17-27)22-9-4-19(5-10-22)26-24(18-2-7-21(28)8-3-18)12-6-20-16-23(31)11-13-25(20)26/h2-5,7-11,13,16,24,26,31H,6,12,14-15,17H2,1H3. The van der Waals surface area contributed by atoms with E-state index in [1.54, 1.807) is 13.0 Å². The van der Waals surface area contributed by atoms with Gasteiger partial charge in [0.25, 0.3) is 0 Å². The number of aryl methyl sites for hydroxylation is 1. The van der Waals surface area contributed by atoms with Crippen molar-refractivity contribution >= 4 is 5.69 Å². The molecule has 1 aliphatic carbocycles. The number of halogens is 2. The Morgan fingerprint density at radius 3 is 2.35 bits per heavy atom. The molecule has 0 saturated carbocycles. The molecule has 3 atom stereocenters. The van der Waals surface area contributed by atoms with Crippen molar-refractivity contribution in [1.82, 2.24) is 0 Å². The van der Waals surface area contributed by atoms with Crippen LogP contribution in [0, 0.1) is 5.82 Å². The van der Waals surface area contributed by atoms with Crippen molar-refractivity contribution in [2.24, 2.45) is 0 Å². The zero-order valence-electron chi connectivity index (χ0n) is 17.7. The molecule has 0 aromatic heterocycles. The van der Waals surface area contributed by atoms with Crippen LogP contribution in [0.3, 0.4) is 0 Å². The number of aromatic hydroxyl groups is 1. The highest BCUT2D eigenvalue weighted by molar-refractivity contribution is 5.53. The van der Waals surface area contributed by atoms with Gasteiger partial charge in [0.1, 0.15) is 17.2 Å². The topological polar surface area (TPSA) is 23.5 Å². The molecule has 160 valence electrons. The van der Waals surface area contributed by atoms with E-state index in [4.69, 9.17) is 0 Å². The number of benzene rings is 3. The number of hydrogen-bond donors (Lipinski definition) is 1. The Morgan fingerprint density at radius 2 is 1.68 bits per heavy atom. The van der Waals surface area contributed by atoms with E-state index in [9.17, 15) is 13.9 Å². The van der Waals surface area contributed by atoms with Gasteiger partial charge in [0.15, 0.2) is 0 Å². The summed E-state index contributed by atoms with van der Waals surface area (Å²) >= 11 is 0. The number of phenolic OH excluding ortho intramolecular Hbond substituents is 1. The lowest BCUT2D eigenvalue weighted by Crippen LogP contribution is -2.26. The summed E-state index contributed by atoms with van der Waals surface area (Å²) in [6, 6.07) is 20.9. The van der Waals surface area contributed by atoms with Crippen molar-refractivity contribution < 1.29 is 13.9 Å². The van der Waals surface area contributed by atoms with E-state index in [1.807, 2.05) is 24.3 Å². The van der Waals surface area contributed by atoms with Crippen LogP contribution in [0.1, 0.15) is 53.9 Å². The van der Waals surface area contributed by atoms with Gasteiger partial charge in [-0.15, -0.1) is 0 Å². The number of nitrogens with zero attached hydrogens (tertiary/aromatic N) is 1. The van der Waals surface area contributed by atoms with Crippen molar-refractivity contribution in [3.63, 3.8) is 0 Å². The van der Waals surface area contributed by atoms with Gasteiger partial charge < -0.3 is 10.0 Å². The summed E-state index contributed by atoms with van der Waals surface area (Å²) in [5.74, 6) is 0.408. The Hall–Kier alpha value is -2.88. The highest BCUT2D eigenvalue weighted by atomic mass is 19.1. The molecular formula is C27H27F2NO. The first kappa shape index (κ1) is 20.0. The molecule has 31 heavy (non-hydrogen) atoms. The molecule has 3 unspecified atom stereocenters. The SMILES string of the molecule is CC1(F)CCN(c2ccc(C3c4ccc(O)cc4CCC3c3ccc(F)cc3)cc2)C1. The van der Waals surface area contributed by atoms with Crippen molar-refractivity contribution in [2.75, 3.05) is 18.0 Å². The molecule has 0 radical (unpaired) electrons. The molecule has 2 nitrogen and oxygen atoms in total. The maximum atomic E-state index is 14.3. The molecule has 1 N–H and O–H groups in total. The van der Waals surface area contributed by atoms with E-state index in [0.717, 1.165) is 30.6 Å². The molecule has 3 aromatic carbocycles. The average molecular weight is 420 g/mol. The quantitative estimate of drug-likeness (QED) is 0.536. The third-order valence-corrected chi connectivity index (χ3v) is 6.93. The van der Waals surface area contributed by atoms with Gasteiger partial charge in [-0.2, -0.15) is 0 Å². The zero-order chi connectivity index (χ0) is 21.6. The summed E-state index contributed by atoms with van der Waals surface area (Å²) in [6.07, 6.45) is 2.37. The predicted octanol–water partition coefficient (Wildman–Crippen LogP) is 6.33. The predicted molar refractivity (Wildman–Crippen MR) is 120 cm³/mol. The Labute approximate surface area is 182 Å². The Bertz CT molecular complexity index is 1080. The number of phenols is 1. The van der Waals surface area contributed by atoms with Crippen LogP contribution in [0.25, 0.3) is 0 Å². The van der Waals surface area contributed by atoms with Crippen LogP contribution in [0.5, 0.6) is 5.75 Å². The highest BCUT2D eigenvalue weighted by Gasteiger charge is 2.35. The summed E-state index contributed by atoms with van der Waals surface area (Å²) in [6.45, 7) is 2.83. The van der Waals surface area contributed by atoms with E-state index in [-0.39, 0.29) is 23.4 Å². The molecule has 0 bridgehead atoms. The van der Waals surface area contributed by atoms with Crippen LogP contribution in [-0.4, -0.2) is 23.9 Å².